The van der Waals surface area contributed by atoms with Crippen LogP contribution < -0.4 is 4.90 Å². The Morgan fingerprint density at radius 2 is 1.40 bits per heavy atom. The number of amides is 1. The Hall–Kier alpha value is -3.01. The molecular formula is C21H20N2O2. The van der Waals surface area contributed by atoms with Crippen LogP contribution in [-0.4, -0.2) is 42.1 Å². The van der Waals surface area contributed by atoms with Crippen molar-refractivity contribution in [3.8, 4) is 5.75 Å². The highest BCUT2D eigenvalue weighted by atomic mass is 16.3. The monoisotopic (exact) mass is 332 g/mol. The number of hydrogen-bond acceptors (Lipinski definition) is 3. The van der Waals surface area contributed by atoms with Crippen LogP contribution in [0.5, 0.6) is 5.75 Å². The van der Waals surface area contributed by atoms with Gasteiger partial charge in [-0.05, 0) is 35.0 Å². The lowest BCUT2D eigenvalue weighted by Crippen LogP contribution is -2.48. The first-order valence-corrected chi connectivity index (χ1v) is 8.53. The molecule has 1 aliphatic heterocycles. The van der Waals surface area contributed by atoms with Gasteiger partial charge in [-0.2, -0.15) is 0 Å². The number of para-hydroxylation sites is 1. The zero-order valence-corrected chi connectivity index (χ0v) is 13.9. The molecule has 4 heteroatoms. The predicted octanol–water partition coefficient (Wildman–Crippen LogP) is 3.51. The molecule has 0 unspecified atom stereocenters. The van der Waals surface area contributed by atoms with Crippen LogP contribution in [-0.2, 0) is 0 Å². The fourth-order valence-corrected chi connectivity index (χ4v) is 3.38. The molecule has 4 rings (SSSR count). The van der Waals surface area contributed by atoms with E-state index < -0.39 is 0 Å². The summed E-state index contributed by atoms with van der Waals surface area (Å²) in [7, 11) is 0. The average Bonchev–Trinajstić information content (AvgIpc) is 2.68. The van der Waals surface area contributed by atoms with Gasteiger partial charge in [0.2, 0.25) is 0 Å². The summed E-state index contributed by atoms with van der Waals surface area (Å²) in [6.45, 7) is 2.90. The van der Waals surface area contributed by atoms with Crippen LogP contribution in [0.15, 0.2) is 66.7 Å². The number of hydrogen-bond donors (Lipinski definition) is 1. The first-order chi connectivity index (χ1) is 12.2. The highest BCUT2D eigenvalue weighted by Crippen LogP contribution is 2.27. The van der Waals surface area contributed by atoms with E-state index in [4.69, 9.17) is 0 Å². The molecule has 1 fully saturated rings. The van der Waals surface area contributed by atoms with E-state index in [1.54, 1.807) is 12.1 Å². The number of phenolic OH excluding ortho intramolecular Hbond substituents is 1. The second kappa shape index (κ2) is 6.48. The van der Waals surface area contributed by atoms with E-state index in [1.165, 1.54) is 5.69 Å². The van der Waals surface area contributed by atoms with Crippen molar-refractivity contribution in [1.82, 2.24) is 4.90 Å². The Morgan fingerprint density at radius 3 is 2.08 bits per heavy atom. The summed E-state index contributed by atoms with van der Waals surface area (Å²) in [5.41, 5.74) is 1.56. The number of benzene rings is 3. The Bertz CT molecular complexity index is 900. The second-order valence-electron chi connectivity index (χ2n) is 6.33. The van der Waals surface area contributed by atoms with Crippen molar-refractivity contribution in [3.05, 3.63) is 72.3 Å². The summed E-state index contributed by atoms with van der Waals surface area (Å²) in [4.78, 5) is 17.0. The summed E-state index contributed by atoms with van der Waals surface area (Å²) in [5.74, 6) is -0.0508. The van der Waals surface area contributed by atoms with Gasteiger partial charge in [0.05, 0.1) is 5.56 Å². The minimum absolute atomic E-state index is 0.0502. The van der Waals surface area contributed by atoms with Gasteiger partial charge in [0.25, 0.3) is 5.91 Å². The van der Waals surface area contributed by atoms with Gasteiger partial charge >= 0.3 is 0 Å². The number of anilines is 1. The second-order valence-corrected chi connectivity index (χ2v) is 6.33. The molecule has 0 spiro atoms. The highest BCUT2D eigenvalue weighted by molar-refractivity contribution is 6.01. The number of phenols is 1. The Labute approximate surface area is 146 Å². The van der Waals surface area contributed by atoms with Crippen molar-refractivity contribution in [2.45, 2.75) is 0 Å². The van der Waals surface area contributed by atoms with E-state index in [1.807, 2.05) is 47.4 Å². The quantitative estimate of drug-likeness (QED) is 0.781. The summed E-state index contributed by atoms with van der Waals surface area (Å²) in [6.07, 6.45) is 0. The Morgan fingerprint density at radius 1 is 0.800 bits per heavy atom. The largest absolute Gasteiger partial charge is 0.507 e. The minimum atomic E-state index is -0.101. The van der Waals surface area contributed by atoms with Crippen LogP contribution in [0, 0.1) is 0 Å². The van der Waals surface area contributed by atoms with Crippen molar-refractivity contribution < 1.29 is 9.90 Å². The number of carbonyl (C=O) groups is 1. The number of aromatic hydroxyl groups is 1. The number of nitrogens with zero attached hydrogens (tertiary/aromatic N) is 2. The van der Waals surface area contributed by atoms with Crippen molar-refractivity contribution in [1.29, 1.82) is 0 Å². The van der Waals surface area contributed by atoms with Gasteiger partial charge in [-0.15, -0.1) is 0 Å². The van der Waals surface area contributed by atoms with Crippen molar-refractivity contribution in [3.63, 3.8) is 0 Å². The smallest absolute Gasteiger partial charge is 0.257 e. The number of piperazine rings is 1. The van der Waals surface area contributed by atoms with Crippen molar-refractivity contribution in [2.24, 2.45) is 0 Å². The first kappa shape index (κ1) is 15.5. The number of fused-ring (bicyclic) bond motifs is 1. The van der Waals surface area contributed by atoms with E-state index in [2.05, 4.69) is 17.0 Å². The summed E-state index contributed by atoms with van der Waals surface area (Å²) in [5, 5.41) is 12.2. The maximum Gasteiger partial charge on any atom is 0.257 e. The normalized spacial score (nSPS) is 14.7. The maximum absolute atomic E-state index is 12.9. The van der Waals surface area contributed by atoms with Crippen LogP contribution in [0.4, 0.5) is 5.69 Å². The highest BCUT2D eigenvalue weighted by Gasteiger charge is 2.24. The standard InChI is InChI=1S/C21H20N2O2/c24-20-15-17-7-5-4-6-16(17)14-19(20)21(25)23-12-10-22(11-13-23)18-8-2-1-3-9-18/h1-9,14-15,24H,10-13H2. The zero-order chi connectivity index (χ0) is 17.2. The van der Waals surface area contributed by atoms with Crippen LogP contribution in [0.1, 0.15) is 10.4 Å². The molecule has 4 nitrogen and oxygen atoms in total. The lowest BCUT2D eigenvalue weighted by atomic mass is 10.0. The molecular weight excluding hydrogens is 312 g/mol. The van der Waals surface area contributed by atoms with Crippen LogP contribution in [0.25, 0.3) is 10.8 Å². The fourth-order valence-electron chi connectivity index (χ4n) is 3.38. The predicted molar refractivity (Wildman–Crippen MR) is 100 cm³/mol. The number of rotatable bonds is 2. The maximum atomic E-state index is 12.9. The molecule has 3 aromatic rings. The summed E-state index contributed by atoms with van der Waals surface area (Å²) >= 11 is 0. The average molecular weight is 332 g/mol. The minimum Gasteiger partial charge on any atom is -0.507 e. The van der Waals surface area contributed by atoms with Crippen LogP contribution in [0.3, 0.4) is 0 Å². The molecule has 0 aliphatic carbocycles. The van der Waals surface area contributed by atoms with Gasteiger partial charge in [0.15, 0.2) is 0 Å². The van der Waals surface area contributed by atoms with E-state index in [0.29, 0.717) is 18.7 Å². The van der Waals surface area contributed by atoms with Gasteiger partial charge < -0.3 is 14.9 Å². The molecule has 0 radical (unpaired) electrons. The van der Waals surface area contributed by atoms with Crippen molar-refractivity contribution in [2.75, 3.05) is 31.1 Å². The van der Waals surface area contributed by atoms with E-state index in [9.17, 15) is 9.90 Å². The van der Waals surface area contributed by atoms with Gasteiger partial charge in [-0.1, -0.05) is 42.5 Å². The Balaban J connectivity index is 1.52. The molecule has 1 saturated heterocycles. The Kier molecular flexibility index (Phi) is 4.02. The molecule has 1 N–H and O–H groups in total. The lowest BCUT2D eigenvalue weighted by molar-refractivity contribution is 0.0744. The molecule has 3 aromatic carbocycles. The third kappa shape index (κ3) is 3.03. The van der Waals surface area contributed by atoms with Crippen LogP contribution in [0.2, 0.25) is 0 Å². The van der Waals surface area contributed by atoms with Gasteiger partial charge in [-0.25, -0.2) is 0 Å². The molecule has 25 heavy (non-hydrogen) atoms. The van der Waals surface area contributed by atoms with Crippen molar-refractivity contribution >= 4 is 22.4 Å². The third-order valence-corrected chi connectivity index (χ3v) is 4.78. The summed E-state index contributed by atoms with van der Waals surface area (Å²) < 4.78 is 0. The molecule has 0 atom stereocenters. The third-order valence-electron chi connectivity index (χ3n) is 4.78. The SMILES string of the molecule is O=C(c1cc2ccccc2cc1O)N1CCN(c2ccccc2)CC1. The van der Waals surface area contributed by atoms with Crippen LogP contribution >= 0.6 is 0 Å². The molecule has 0 bridgehead atoms. The van der Waals surface area contributed by atoms with Gasteiger partial charge in [0, 0.05) is 31.9 Å². The molecule has 126 valence electrons. The molecule has 1 aliphatic rings. The lowest BCUT2D eigenvalue weighted by Gasteiger charge is -2.36. The molecule has 0 saturated carbocycles. The molecule has 0 aromatic heterocycles. The fraction of sp³-hybridized carbons (Fsp3) is 0.190. The number of carbonyl (C=O) groups excluding carboxylic acids is 1. The van der Waals surface area contributed by atoms with E-state index >= 15 is 0 Å². The first-order valence-electron chi connectivity index (χ1n) is 8.53. The molecule has 1 amide bonds. The molecule has 1 heterocycles. The van der Waals surface area contributed by atoms with E-state index in [-0.39, 0.29) is 11.7 Å². The zero-order valence-electron chi connectivity index (χ0n) is 13.9. The topological polar surface area (TPSA) is 43.8 Å². The van der Waals surface area contributed by atoms with E-state index in [0.717, 1.165) is 23.9 Å². The summed E-state index contributed by atoms with van der Waals surface area (Å²) in [6, 6.07) is 21.4. The van der Waals surface area contributed by atoms with Gasteiger partial charge in [0.1, 0.15) is 5.75 Å². The van der Waals surface area contributed by atoms with Gasteiger partial charge in [-0.3, -0.25) is 4.79 Å².